The Morgan fingerprint density at radius 2 is 1.74 bits per heavy atom. The van der Waals surface area contributed by atoms with E-state index in [2.05, 4.69) is 15.8 Å². The molecule has 0 aliphatic carbocycles. The molecule has 0 radical (unpaired) electrons. The van der Waals surface area contributed by atoms with Crippen LogP contribution in [0.25, 0.3) is 0 Å². The van der Waals surface area contributed by atoms with E-state index in [0.717, 1.165) is 0 Å². The molecule has 0 aliphatic rings. The van der Waals surface area contributed by atoms with Crippen LogP contribution in [-0.4, -0.2) is 45.9 Å². The second-order valence-corrected chi connectivity index (χ2v) is 5.32. The second kappa shape index (κ2) is 9.81. The fraction of sp³-hybridized carbons (Fsp3) is 0.211. The molecule has 0 bridgehead atoms. The predicted octanol–water partition coefficient (Wildman–Crippen LogP) is 1.59. The van der Waals surface area contributed by atoms with Crippen LogP contribution < -0.4 is 25.0 Å². The van der Waals surface area contributed by atoms with Crippen molar-refractivity contribution >= 4 is 18.0 Å². The highest BCUT2D eigenvalue weighted by Crippen LogP contribution is 2.22. The Kier molecular flexibility index (Phi) is 7.18. The van der Waals surface area contributed by atoms with Crippen LogP contribution in [0.1, 0.15) is 15.9 Å². The van der Waals surface area contributed by atoms with Gasteiger partial charge in [-0.3, -0.25) is 9.59 Å². The molecule has 0 saturated carbocycles. The first kappa shape index (κ1) is 19.8. The maximum atomic E-state index is 12.1. The molecule has 0 fully saturated rings. The van der Waals surface area contributed by atoms with Gasteiger partial charge >= 0.3 is 0 Å². The molecule has 0 aromatic heterocycles. The number of nitrogens with one attached hydrogen (secondary N) is 2. The van der Waals surface area contributed by atoms with Crippen LogP contribution in [0, 0.1) is 0 Å². The molecule has 0 unspecified atom stereocenters. The maximum absolute atomic E-state index is 12.1. The zero-order chi connectivity index (χ0) is 19.6. The molecule has 27 heavy (non-hydrogen) atoms. The van der Waals surface area contributed by atoms with Gasteiger partial charge in [-0.15, -0.1) is 0 Å². The summed E-state index contributed by atoms with van der Waals surface area (Å²) in [5.41, 5.74) is 3.38. The molecule has 2 aromatic rings. The summed E-state index contributed by atoms with van der Waals surface area (Å²) in [6.07, 6.45) is 1.43. The van der Waals surface area contributed by atoms with Gasteiger partial charge < -0.3 is 19.5 Å². The van der Waals surface area contributed by atoms with Crippen LogP contribution in [0.5, 0.6) is 17.2 Å². The Morgan fingerprint density at radius 1 is 1.00 bits per heavy atom. The number of methoxy groups -OCH3 is 3. The zero-order valence-electron chi connectivity index (χ0n) is 15.3. The number of rotatable bonds is 8. The van der Waals surface area contributed by atoms with E-state index < -0.39 is 5.91 Å². The van der Waals surface area contributed by atoms with Crippen molar-refractivity contribution in [3.05, 3.63) is 53.6 Å². The summed E-state index contributed by atoms with van der Waals surface area (Å²) in [4.78, 5) is 23.9. The zero-order valence-corrected chi connectivity index (χ0v) is 15.3. The number of ether oxygens (including phenoxy) is 3. The number of benzene rings is 2. The lowest BCUT2D eigenvalue weighted by atomic mass is 10.2. The van der Waals surface area contributed by atoms with Crippen molar-refractivity contribution < 1.29 is 23.8 Å². The first-order valence-corrected chi connectivity index (χ1v) is 8.03. The summed E-state index contributed by atoms with van der Waals surface area (Å²) in [6.45, 7) is -0.220. The van der Waals surface area contributed by atoms with Crippen molar-refractivity contribution in [2.24, 2.45) is 5.10 Å². The molecular formula is C19H21N3O5. The lowest BCUT2D eigenvalue weighted by Gasteiger charge is -2.07. The average molecular weight is 371 g/mol. The maximum Gasteiger partial charge on any atom is 0.259 e. The topological polar surface area (TPSA) is 98.2 Å². The number of amides is 2. The Hall–Kier alpha value is -3.55. The molecule has 2 aromatic carbocycles. The van der Waals surface area contributed by atoms with Crippen molar-refractivity contribution in [2.45, 2.75) is 0 Å². The summed E-state index contributed by atoms with van der Waals surface area (Å²) in [6, 6.07) is 11.8. The van der Waals surface area contributed by atoms with Gasteiger partial charge in [0.05, 0.1) is 34.1 Å². The molecule has 0 atom stereocenters. The monoisotopic (exact) mass is 371 g/mol. The summed E-state index contributed by atoms with van der Waals surface area (Å²) in [5, 5.41) is 6.39. The first-order valence-electron chi connectivity index (χ1n) is 8.03. The SMILES string of the molecule is COc1cccc(C(=O)NCC(=O)NN=Cc2cc(OC)ccc2OC)c1. The van der Waals surface area contributed by atoms with Crippen LogP contribution in [0.4, 0.5) is 0 Å². The van der Waals surface area contributed by atoms with E-state index >= 15 is 0 Å². The minimum atomic E-state index is -0.468. The standard InChI is InChI=1S/C19H21N3O5/c1-25-15-6-4-5-13(9-15)19(24)20-12-18(23)22-21-11-14-10-16(26-2)7-8-17(14)27-3/h4-11H,12H2,1-3H3,(H,20,24)(H,22,23). The van der Waals surface area contributed by atoms with Crippen molar-refractivity contribution in [1.29, 1.82) is 0 Å². The van der Waals surface area contributed by atoms with Crippen molar-refractivity contribution in [1.82, 2.24) is 10.7 Å². The quantitative estimate of drug-likeness (QED) is 0.542. The van der Waals surface area contributed by atoms with Crippen LogP contribution in [0.2, 0.25) is 0 Å². The van der Waals surface area contributed by atoms with Crippen LogP contribution in [-0.2, 0) is 4.79 Å². The third-order valence-corrected chi connectivity index (χ3v) is 3.57. The number of hydrogen-bond donors (Lipinski definition) is 2. The van der Waals surface area contributed by atoms with Gasteiger partial charge in [0.2, 0.25) is 0 Å². The summed E-state index contributed by atoms with van der Waals surface area (Å²) < 4.78 is 15.4. The van der Waals surface area contributed by atoms with Crippen molar-refractivity contribution in [3.63, 3.8) is 0 Å². The van der Waals surface area contributed by atoms with Gasteiger partial charge in [-0.05, 0) is 36.4 Å². The van der Waals surface area contributed by atoms with Gasteiger partial charge in [-0.25, -0.2) is 5.43 Å². The second-order valence-electron chi connectivity index (χ2n) is 5.32. The Bertz CT molecular complexity index is 836. The van der Waals surface area contributed by atoms with Crippen LogP contribution in [0.15, 0.2) is 47.6 Å². The summed E-state index contributed by atoms with van der Waals surface area (Å²) in [7, 11) is 4.60. The smallest absolute Gasteiger partial charge is 0.259 e. The fourth-order valence-corrected chi connectivity index (χ4v) is 2.18. The Balaban J connectivity index is 1.89. The Labute approximate surface area is 157 Å². The molecule has 0 aliphatic heterocycles. The van der Waals surface area contributed by atoms with Crippen LogP contribution in [0.3, 0.4) is 0 Å². The number of carbonyl (C=O) groups excluding carboxylic acids is 2. The van der Waals surface area contributed by atoms with E-state index in [9.17, 15) is 9.59 Å². The largest absolute Gasteiger partial charge is 0.497 e. The lowest BCUT2D eigenvalue weighted by molar-refractivity contribution is -0.120. The highest BCUT2D eigenvalue weighted by atomic mass is 16.5. The average Bonchev–Trinajstić information content (AvgIpc) is 2.71. The van der Waals surface area contributed by atoms with Gasteiger partial charge in [0.15, 0.2) is 0 Å². The molecule has 142 valence electrons. The predicted molar refractivity (Wildman–Crippen MR) is 101 cm³/mol. The highest BCUT2D eigenvalue weighted by Gasteiger charge is 2.08. The van der Waals surface area contributed by atoms with Gasteiger partial charge in [0, 0.05) is 11.1 Å². The van der Waals surface area contributed by atoms with Gasteiger partial charge in [-0.2, -0.15) is 5.10 Å². The molecule has 8 nitrogen and oxygen atoms in total. The van der Waals surface area contributed by atoms with Gasteiger partial charge in [-0.1, -0.05) is 6.07 Å². The molecule has 2 N–H and O–H groups in total. The summed E-state index contributed by atoms with van der Waals surface area (Å²) in [5.74, 6) is 0.921. The molecule has 0 saturated heterocycles. The van der Waals surface area contributed by atoms with Gasteiger partial charge in [0.1, 0.15) is 17.2 Å². The number of hydrogen-bond acceptors (Lipinski definition) is 6. The van der Waals surface area contributed by atoms with Crippen molar-refractivity contribution in [3.8, 4) is 17.2 Å². The number of hydrazone groups is 1. The van der Waals surface area contributed by atoms with E-state index in [0.29, 0.717) is 28.4 Å². The normalized spacial score (nSPS) is 10.3. The van der Waals surface area contributed by atoms with E-state index in [-0.39, 0.29) is 12.5 Å². The highest BCUT2D eigenvalue weighted by molar-refractivity contribution is 5.96. The number of nitrogens with zero attached hydrogens (tertiary/aromatic N) is 1. The lowest BCUT2D eigenvalue weighted by Crippen LogP contribution is -2.34. The van der Waals surface area contributed by atoms with E-state index in [4.69, 9.17) is 14.2 Å². The molecule has 0 spiro atoms. The number of carbonyl (C=O) groups is 2. The Morgan fingerprint density at radius 3 is 2.44 bits per heavy atom. The van der Waals surface area contributed by atoms with Gasteiger partial charge in [0.25, 0.3) is 11.8 Å². The summed E-state index contributed by atoms with van der Waals surface area (Å²) >= 11 is 0. The molecule has 2 rings (SSSR count). The third kappa shape index (κ3) is 5.74. The van der Waals surface area contributed by atoms with Crippen LogP contribution >= 0.6 is 0 Å². The molecule has 2 amide bonds. The van der Waals surface area contributed by atoms with Crippen molar-refractivity contribution in [2.75, 3.05) is 27.9 Å². The first-order chi connectivity index (χ1) is 13.1. The third-order valence-electron chi connectivity index (χ3n) is 3.57. The fourth-order valence-electron chi connectivity index (χ4n) is 2.18. The molecular weight excluding hydrogens is 350 g/mol. The van der Waals surface area contributed by atoms with E-state index in [1.807, 2.05) is 0 Å². The molecule has 8 heteroatoms. The molecule has 0 heterocycles. The minimum Gasteiger partial charge on any atom is -0.497 e. The van der Waals surface area contributed by atoms with E-state index in [1.165, 1.54) is 20.4 Å². The minimum absolute atomic E-state index is 0.220. The van der Waals surface area contributed by atoms with E-state index in [1.54, 1.807) is 49.6 Å².